The first-order valence-corrected chi connectivity index (χ1v) is 7.00. The van der Waals surface area contributed by atoms with Crippen LogP contribution in [0.1, 0.15) is 6.42 Å². The lowest BCUT2D eigenvalue weighted by Crippen LogP contribution is -2.47. The number of rotatable bonds is 5. The molecular weight excluding hydrogens is 310 g/mol. The Labute approximate surface area is 138 Å². The molecule has 0 bridgehead atoms. The molecule has 2 amide bonds. The van der Waals surface area contributed by atoms with E-state index in [0.29, 0.717) is 5.69 Å². The molecule has 1 heterocycles. The third-order valence-electron chi connectivity index (χ3n) is 3.15. The third-order valence-corrected chi connectivity index (χ3v) is 3.15. The molecule has 0 aliphatic heterocycles. The zero-order valence-electron chi connectivity index (χ0n) is 12.6. The SMILES string of the molecule is N#CCC(NC(=O)O)C(=O)N(c1ccccc1)c1ncccc1N. The number of amides is 2. The first-order chi connectivity index (χ1) is 11.5. The fourth-order valence-corrected chi connectivity index (χ4v) is 2.12. The molecule has 1 aromatic heterocycles. The number of anilines is 3. The Bertz CT molecular complexity index is 773. The maximum atomic E-state index is 12.9. The van der Waals surface area contributed by atoms with Crippen molar-refractivity contribution in [1.29, 1.82) is 5.26 Å². The minimum absolute atomic E-state index is 0.170. The molecule has 0 saturated carbocycles. The van der Waals surface area contributed by atoms with Crippen molar-refractivity contribution in [2.75, 3.05) is 10.6 Å². The molecule has 0 spiro atoms. The molecule has 8 heteroatoms. The van der Waals surface area contributed by atoms with Crippen molar-refractivity contribution in [3.8, 4) is 6.07 Å². The number of nitriles is 1. The van der Waals surface area contributed by atoms with Crippen LogP contribution in [0.2, 0.25) is 0 Å². The number of nitrogen functional groups attached to an aromatic ring is 1. The normalized spacial score (nSPS) is 11.1. The summed E-state index contributed by atoms with van der Waals surface area (Å²) in [7, 11) is 0. The van der Waals surface area contributed by atoms with E-state index in [-0.39, 0.29) is 17.9 Å². The highest BCUT2D eigenvalue weighted by molar-refractivity contribution is 6.05. The van der Waals surface area contributed by atoms with Crippen molar-refractivity contribution in [2.45, 2.75) is 12.5 Å². The van der Waals surface area contributed by atoms with Crippen LogP contribution >= 0.6 is 0 Å². The highest BCUT2D eigenvalue weighted by atomic mass is 16.4. The van der Waals surface area contributed by atoms with E-state index in [9.17, 15) is 9.59 Å². The lowest BCUT2D eigenvalue weighted by atomic mass is 10.1. The van der Waals surface area contributed by atoms with E-state index in [4.69, 9.17) is 16.1 Å². The molecule has 122 valence electrons. The molecule has 8 nitrogen and oxygen atoms in total. The van der Waals surface area contributed by atoms with Crippen LogP contribution < -0.4 is 16.0 Å². The predicted octanol–water partition coefficient (Wildman–Crippen LogP) is 1.88. The molecule has 0 radical (unpaired) electrons. The van der Waals surface area contributed by atoms with Crippen LogP contribution in [0, 0.1) is 11.3 Å². The summed E-state index contributed by atoms with van der Waals surface area (Å²) in [5.41, 5.74) is 6.63. The van der Waals surface area contributed by atoms with E-state index in [1.54, 1.807) is 48.5 Å². The molecule has 4 N–H and O–H groups in total. The van der Waals surface area contributed by atoms with E-state index in [1.807, 2.05) is 0 Å². The lowest BCUT2D eigenvalue weighted by molar-refractivity contribution is -0.119. The second-order valence-corrected chi connectivity index (χ2v) is 4.79. The number of benzene rings is 1. The summed E-state index contributed by atoms with van der Waals surface area (Å²) in [6.45, 7) is 0. The Morgan fingerprint density at radius 2 is 2.00 bits per heavy atom. The number of nitrogens with two attached hydrogens (primary N) is 1. The van der Waals surface area contributed by atoms with Crippen molar-refractivity contribution in [3.05, 3.63) is 48.7 Å². The molecule has 24 heavy (non-hydrogen) atoms. The fourth-order valence-electron chi connectivity index (χ4n) is 2.12. The van der Waals surface area contributed by atoms with Gasteiger partial charge in [-0.25, -0.2) is 9.78 Å². The Kier molecular flexibility index (Phi) is 5.31. The van der Waals surface area contributed by atoms with Gasteiger partial charge in [0.05, 0.1) is 23.9 Å². The second-order valence-electron chi connectivity index (χ2n) is 4.79. The van der Waals surface area contributed by atoms with Crippen LogP contribution in [0.5, 0.6) is 0 Å². The summed E-state index contributed by atoms with van der Waals surface area (Å²) in [6, 6.07) is 12.3. The zero-order chi connectivity index (χ0) is 17.5. The predicted molar refractivity (Wildman–Crippen MR) is 87.4 cm³/mol. The van der Waals surface area contributed by atoms with Gasteiger partial charge >= 0.3 is 6.09 Å². The van der Waals surface area contributed by atoms with Crippen LogP contribution in [0.15, 0.2) is 48.7 Å². The van der Waals surface area contributed by atoms with Crippen molar-refractivity contribution in [1.82, 2.24) is 10.3 Å². The average molecular weight is 325 g/mol. The smallest absolute Gasteiger partial charge is 0.405 e. The van der Waals surface area contributed by atoms with Crippen LogP contribution in [0.25, 0.3) is 0 Å². The zero-order valence-corrected chi connectivity index (χ0v) is 12.6. The summed E-state index contributed by atoms with van der Waals surface area (Å²) in [4.78, 5) is 29.1. The van der Waals surface area contributed by atoms with Gasteiger partial charge in [0.25, 0.3) is 5.91 Å². The van der Waals surface area contributed by atoms with Gasteiger partial charge in [-0.15, -0.1) is 0 Å². The standard InChI is InChI=1S/C16H15N5O3/c17-9-8-13(20-16(23)24)15(22)21(11-5-2-1-3-6-11)14-12(18)7-4-10-19-14/h1-7,10,13,20H,8,18H2,(H,23,24). The van der Waals surface area contributed by atoms with Crippen LogP contribution in [-0.4, -0.2) is 28.1 Å². The number of hydrogen-bond donors (Lipinski definition) is 3. The van der Waals surface area contributed by atoms with Gasteiger partial charge in [0.1, 0.15) is 6.04 Å². The summed E-state index contributed by atoms with van der Waals surface area (Å²) in [6.07, 6.45) is -0.245. The molecule has 0 aliphatic carbocycles. The number of carboxylic acid groups (broad SMARTS) is 1. The number of nitrogens with one attached hydrogen (secondary N) is 1. The molecule has 1 aromatic carbocycles. The summed E-state index contributed by atoms with van der Waals surface area (Å²) in [5.74, 6) is -0.473. The molecule has 2 aromatic rings. The van der Waals surface area contributed by atoms with E-state index in [0.717, 1.165) is 0 Å². The number of carbonyl (C=O) groups excluding carboxylic acids is 1. The molecule has 0 saturated heterocycles. The van der Waals surface area contributed by atoms with Gasteiger partial charge in [-0.2, -0.15) is 5.26 Å². The number of pyridine rings is 1. The Morgan fingerprint density at radius 3 is 2.58 bits per heavy atom. The minimum atomic E-state index is -1.40. The summed E-state index contributed by atoms with van der Waals surface area (Å²) < 4.78 is 0. The number of hydrogen-bond acceptors (Lipinski definition) is 5. The maximum Gasteiger partial charge on any atom is 0.405 e. The first kappa shape index (κ1) is 16.8. The lowest BCUT2D eigenvalue weighted by Gasteiger charge is -2.26. The van der Waals surface area contributed by atoms with E-state index < -0.39 is 18.0 Å². The van der Waals surface area contributed by atoms with E-state index >= 15 is 0 Å². The van der Waals surface area contributed by atoms with Gasteiger partial charge in [-0.05, 0) is 24.3 Å². The monoisotopic (exact) mass is 325 g/mol. The van der Waals surface area contributed by atoms with Crippen molar-refractivity contribution in [2.24, 2.45) is 0 Å². The second kappa shape index (κ2) is 7.60. The van der Waals surface area contributed by atoms with E-state index in [2.05, 4.69) is 10.3 Å². The van der Waals surface area contributed by atoms with Gasteiger partial charge in [-0.3, -0.25) is 9.69 Å². The molecule has 1 unspecified atom stereocenters. The van der Waals surface area contributed by atoms with Crippen molar-refractivity contribution < 1.29 is 14.7 Å². The number of aromatic nitrogens is 1. The highest BCUT2D eigenvalue weighted by Gasteiger charge is 2.29. The fraction of sp³-hybridized carbons (Fsp3) is 0.125. The molecule has 1 atom stereocenters. The van der Waals surface area contributed by atoms with Gasteiger partial charge in [-0.1, -0.05) is 18.2 Å². The number of nitrogens with zero attached hydrogens (tertiary/aromatic N) is 3. The Hall–Kier alpha value is -3.60. The van der Waals surface area contributed by atoms with E-state index in [1.165, 1.54) is 11.1 Å². The number of carbonyl (C=O) groups is 2. The Balaban J connectivity index is 2.50. The van der Waals surface area contributed by atoms with Gasteiger partial charge in [0.2, 0.25) is 0 Å². The first-order valence-electron chi connectivity index (χ1n) is 7.00. The average Bonchev–Trinajstić information content (AvgIpc) is 2.57. The summed E-state index contributed by atoms with van der Waals surface area (Å²) in [5, 5.41) is 19.8. The highest BCUT2D eigenvalue weighted by Crippen LogP contribution is 2.29. The molecule has 0 aliphatic rings. The topological polar surface area (TPSA) is 132 Å². The molecule has 2 rings (SSSR count). The molecular formula is C16H15N5O3. The van der Waals surface area contributed by atoms with Crippen LogP contribution in [0.3, 0.4) is 0 Å². The quantitative estimate of drug-likeness (QED) is 0.768. The summed E-state index contributed by atoms with van der Waals surface area (Å²) >= 11 is 0. The molecule has 0 fully saturated rings. The van der Waals surface area contributed by atoms with Gasteiger partial charge < -0.3 is 16.2 Å². The minimum Gasteiger partial charge on any atom is -0.465 e. The van der Waals surface area contributed by atoms with Crippen molar-refractivity contribution in [3.63, 3.8) is 0 Å². The van der Waals surface area contributed by atoms with Crippen LogP contribution in [-0.2, 0) is 4.79 Å². The maximum absolute atomic E-state index is 12.9. The Morgan fingerprint density at radius 1 is 1.29 bits per heavy atom. The number of para-hydroxylation sites is 1. The largest absolute Gasteiger partial charge is 0.465 e. The van der Waals surface area contributed by atoms with Gasteiger partial charge in [0, 0.05) is 6.20 Å². The third kappa shape index (κ3) is 3.78. The van der Waals surface area contributed by atoms with Gasteiger partial charge in [0.15, 0.2) is 5.82 Å². The van der Waals surface area contributed by atoms with Crippen LogP contribution in [0.4, 0.5) is 22.0 Å². The van der Waals surface area contributed by atoms with Crippen molar-refractivity contribution >= 4 is 29.2 Å².